The van der Waals surface area contributed by atoms with Crippen molar-refractivity contribution >= 4 is 14.9 Å². The summed E-state index contributed by atoms with van der Waals surface area (Å²) in [5.41, 5.74) is 0. The van der Waals surface area contributed by atoms with Gasteiger partial charge in [-0.1, -0.05) is 96.8 Å². The van der Waals surface area contributed by atoms with Crippen molar-refractivity contribution < 1.29 is 14.2 Å². The molecule has 0 bridgehead atoms. The van der Waals surface area contributed by atoms with E-state index in [1.807, 2.05) is 0 Å². The van der Waals surface area contributed by atoms with Gasteiger partial charge in [-0.3, -0.25) is 4.79 Å². The average molecular weight is 404 g/mol. The Balaban J connectivity index is 3.12. The summed E-state index contributed by atoms with van der Waals surface area (Å²) < 4.78 is 4.90. The van der Waals surface area contributed by atoms with Gasteiger partial charge >= 0.3 is 0 Å². The maximum atomic E-state index is 11.8. The fourth-order valence-electron chi connectivity index (χ4n) is 3.32. The third-order valence-electron chi connectivity index (χ3n) is 5.07. The van der Waals surface area contributed by atoms with Crippen molar-refractivity contribution in [1.82, 2.24) is 5.32 Å². The number of amides is 1. The Morgan fingerprint density at radius 1 is 0.741 bits per heavy atom. The summed E-state index contributed by atoms with van der Waals surface area (Å²) in [5.74, 6) is 0.211. The lowest BCUT2D eigenvalue weighted by Gasteiger charge is -2.06. The molecule has 2 N–H and O–H groups in total. The second kappa shape index (κ2) is 23.9. The van der Waals surface area contributed by atoms with Gasteiger partial charge in [-0.05, 0) is 19.3 Å². The van der Waals surface area contributed by atoms with Crippen LogP contribution in [-0.2, 0) is 9.32 Å². The first-order valence-corrected chi connectivity index (χ1v) is 12.4. The summed E-state index contributed by atoms with van der Waals surface area (Å²) in [6.07, 6.45) is 22.3. The number of carbonyl (C=O) groups excluding carboxylic acids is 1. The van der Waals surface area contributed by atoms with E-state index in [0.717, 1.165) is 38.6 Å². The van der Waals surface area contributed by atoms with Crippen LogP contribution in [0.25, 0.3) is 0 Å². The van der Waals surface area contributed by atoms with Gasteiger partial charge in [0, 0.05) is 13.0 Å². The van der Waals surface area contributed by atoms with Gasteiger partial charge in [0.2, 0.25) is 5.91 Å². The van der Waals surface area contributed by atoms with Gasteiger partial charge < -0.3 is 14.7 Å². The van der Waals surface area contributed by atoms with Crippen LogP contribution in [0.3, 0.4) is 0 Å². The third-order valence-corrected chi connectivity index (χ3v) is 5.40. The number of nitrogens with one attached hydrogen (secondary N) is 1. The highest BCUT2D eigenvalue weighted by atomic mass is 31.1. The number of hydrogen-bond donors (Lipinski definition) is 2. The first kappa shape index (κ1) is 26.8. The quantitative estimate of drug-likeness (QED) is 0.157. The minimum atomic E-state index is -0.392. The molecule has 1 atom stereocenters. The summed E-state index contributed by atoms with van der Waals surface area (Å²) in [5, 5.41) is 3.02. The van der Waals surface area contributed by atoms with Crippen molar-refractivity contribution in [2.75, 3.05) is 13.2 Å². The monoisotopic (exact) mass is 403 g/mol. The van der Waals surface area contributed by atoms with Crippen LogP contribution < -0.4 is 5.32 Å². The van der Waals surface area contributed by atoms with Crippen LogP contribution in [0.1, 0.15) is 122 Å². The lowest BCUT2D eigenvalue weighted by molar-refractivity contribution is -0.121. The van der Waals surface area contributed by atoms with Crippen molar-refractivity contribution in [1.29, 1.82) is 0 Å². The largest absolute Gasteiger partial charge is 0.356 e. The zero-order valence-corrected chi connectivity index (χ0v) is 18.9. The first-order chi connectivity index (χ1) is 13.3. The smallest absolute Gasteiger partial charge is 0.219 e. The van der Waals surface area contributed by atoms with E-state index in [1.165, 1.54) is 77.0 Å². The topological polar surface area (TPSA) is 58.6 Å². The number of carbonyl (C=O) groups is 1. The van der Waals surface area contributed by atoms with E-state index in [9.17, 15) is 4.79 Å². The molecule has 0 radical (unpaired) electrons. The highest BCUT2D eigenvalue weighted by molar-refractivity contribution is 7.24. The normalized spacial score (nSPS) is 11.5. The zero-order valence-electron chi connectivity index (χ0n) is 17.9. The minimum absolute atomic E-state index is 0.211. The van der Waals surface area contributed by atoms with Crippen LogP contribution in [-0.4, -0.2) is 24.0 Å². The Morgan fingerprint density at radius 3 is 1.78 bits per heavy atom. The molecule has 1 unspecified atom stereocenters. The summed E-state index contributed by atoms with van der Waals surface area (Å²) in [6.45, 7) is 3.70. The van der Waals surface area contributed by atoms with Gasteiger partial charge in [0.1, 0.15) is 0 Å². The maximum absolute atomic E-state index is 11.8. The van der Waals surface area contributed by atoms with Crippen molar-refractivity contribution in [3.8, 4) is 0 Å². The molecule has 0 aliphatic rings. The molecule has 0 rings (SSSR count). The minimum Gasteiger partial charge on any atom is -0.356 e. The van der Waals surface area contributed by atoms with Gasteiger partial charge in [-0.15, -0.1) is 0 Å². The third kappa shape index (κ3) is 23.8. The molecule has 0 aliphatic heterocycles. The van der Waals surface area contributed by atoms with E-state index in [2.05, 4.69) is 12.2 Å². The number of rotatable bonds is 22. The first-order valence-electron chi connectivity index (χ1n) is 11.6. The molecule has 0 aliphatic carbocycles. The Bertz CT molecular complexity index is 303. The molecule has 0 fully saturated rings. The Morgan fingerprint density at radius 2 is 1.22 bits per heavy atom. The van der Waals surface area contributed by atoms with Gasteiger partial charge in [0.15, 0.2) is 9.03 Å². The van der Waals surface area contributed by atoms with Crippen molar-refractivity contribution in [3.05, 3.63) is 0 Å². The molecule has 0 saturated heterocycles. The summed E-state index contributed by atoms with van der Waals surface area (Å²) in [6, 6.07) is 0. The summed E-state index contributed by atoms with van der Waals surface area (Å²) in [7, 11) is -0.392. The molecule has 0 aromatic heterocycles. The predicted octanol–water partition coefficient (Wildman–Crippen LogP) is 6.66. The lowest BCUT2D eigenvalue weighted by Crippen LogP contribution is -2.23. The van der Waals surface area contributed by atoms with Gasteiger partial charge in [-0.25, -0.2) is 0 Å². The number of hydrogen-bond acceptors (Lipinski definition) is 3. The van der Waals surface area contributed by atoms with Gasteiger partial charge in [0.25, 0.3) is 0 Å². The molecule has 4 nitrogen and oxygen atoms in total. The van der Waals surface area contributed by atoms with E-state index >= 15 is 0 Å². The molecule has 162 valence electrons. The van der Waals surface area contributed by atoms with E-state index < -0.39 is 9.03 Å². The highest BCUT2D eigenvalue weighted by Crippen LogP contribution is 2.13. The van der Waals surface area contributed by atoms with Crippen LogP contribution in [0.5, 0.6) is 0 Å². The maximum Gasteiger partial charge on any atom is 0.219 e. The van der Waals surface area contributed by atoms with E-state index in [1.54, 1.807) is 0 Å². The predicted molar refractivity (Wildman–Crippen MR) is 118 cm³/mol. The van der Waals surface area contributed by atoms with E-state index in [4.69, 9.17) is 9.42 Å². The molecular weight excluding hydrogens is 357 g/mol. The average Bonchev–Trinajstić information content (AvgIpc) is 2.67. The molecule has 27 heavy (non-hydrogen) atoms. The van der Waals surface area contributed by atoms with Crippen LogP contribution in [0.2, 0.25) is 0 Å². The van der Waals surface area contributed by atoms with Crippen LogP contribution in [0.15, 0.2) is 0 Å². The van der Waals surface area contributed by atoms with Crippen LogP contribution >= 0.6 is 9.03 Å². The van der Waals surface area contributed by atoms with Crippen molar-refractivity contribution in [2.45, 2.75) is 122 Å². The van der Waals surface area contributed by atoms with Crippen molar-refractivity contribution in [2.24, 2.45) is 0 Å². The molecule has 0 saturated carbocycles. The summed E-state index contributed by atoms with van der Waals surface area (Å²) in [4.78, 5) is 20.3. The van der Waals surface area contributed by atoms with E-state index in [0.29, 0.717) is 13.0 Å². The second-order valence-electron chi connectivity index (χ2n) is 7.70. The number of unbranched alkanes of at least 4 members (excludes halogenated alkanes) is 15. The lowest BCUT2D eigenvalue weighted by atomic mass is 10.0. The SMILES string of the molecule is CCCCCCCCCCCCCCCC(=O)NCCCCCCOPO. The Kier molecular flexibility index (Phi) is 23.7. The van der Waals surface area contributed by atoms with Gasteiger partial charge in [0.05, 0.1) is 6.61 Å². The molecule has 1 amide bonds. The fourth-order valence-corrected chi connectivity index (χ4v) is 3.55. The van der Waals surface area contributed by atoms with Gasteiger partial charge in [-0.2, -0.15) is 0 Å². The second-order valence-corrected chi connectivity index (χ2v) is 8.17. The molecule has 0 spiro atoms. The molecule has 0 aromatic rings. The van der Waals surface area contributed by atoms with E-state index in [-0.39, 0.29) is 5.91 Å². The Hall–Kier alpha value is -0.180. The summed E-state index contributed by atoms with van der Waals surface area (Å²) >= 11 is 0. The molecular formula is C22H46NO3P. The zero-order chi connectivity index (χ0) is 19.8. The Labute approximate surface area is 170 Å². The van der Waals surface area contributed by atoms with Crippen molar-refractivity contribution in [3.63, 3.8) is 0 Å². The highest BCUT2D eigenvalue weighted by Gasteiger charge is 2.00. The molecule has 0 heterocycles. The van der Waals surface area contributed by atoms with Crippen LogP contribution in [0.4, 0.5) is 0 Å². The molecule has 5 heteroatoms. The molecule has 0 aromatic carbocycles. The van der Waals surface area contributed by atoms with Crippen LogP contribution in [0, 0.1) is 0 Å². The fraction of sp³-hybridized carbons (Fsp3) is 0.955. The standard InChI is InChI=1S/C22H46NO3P/c1-2-3-4-5-6-7-8-9-10-11-12-13-16-19-22(24)23-20-17-14-15-18-21-26-27-25/h25,27H,2-21H2,1H3,(H,23,24).